The normalized spacial score (nSPS) is 2.18. The topological polar surface area (TPSA) is 115 Å². The Morgan fingerprint density at radius 1 is 0.500 bits per heavy atom. The van der Waals surface area contributed by atoms with Crippen LogP contribution < -0.4 is 206 Å². The summed E-state index contributed by atoms with van der Waals surface area (Å²) in [5, 5.41) is 27.9. The van der Waals surface area contributed by atoms with Gasteiger partial charge >= 0.3 is 325 Å². The van der Waals surface area contributed by atoms with Crippen LogP contribution in [0.2, 0.25) is 0 Å². The van der Waals surface area contributed by atoms with Gasteiger partial charge in [-0.25, -0.2) is 9.59 Å². The van der Waals surface area contributed by atoms with E-state index in [1.165, 1.54) is 0 Å². The second-order valence-corrected chi connectivity index (χ2v) is 0.565. The molecule has 0 fully saturated rings. The summed E-state index contributed by atoms with van der Waals surface area (Å²) < 4.78 is 0. The Morgan fingerprint density at radius 3 is 0.500 bits per heavy atom. The average Bonchev–Trinajstić information content (AvgIpc) is 1.25. The van der Waals surface area contributed by atoms with E-state index in [2.05, 4.69) is 0 Å². The molecule has 4 N–H and O–H groups in total. The van der Waals surface area contributed by atoms with Crippen LogP contribution in [-0.4, -0.2) is 140 Å². The first-order valence-electron chi connectivity index (χ1n) is 1.30. The van der Waals surface area contributed by atoms with Crippen molar-refractivity contribution in [3.8, 4) is 0 Å². The first-order chi connectivity index (χ1) is 3.46. The molecule has 0 aromatic heterocycles. The van der Waals surface area contributed by atoms with Gasteiger partial charge in [-0.05, 0) is 0 Å². The van der Waals surface area contributed by atoms with Gasteiger partial charge in [-0.15, -0.1) is 74.4 Å². The molecular formula is C2H22CaCl6K4Mg3O6. The van der Waals surface area contributed by atoms with Gasteiger partial charge < -0.3 is 37.5 Å². The molecule has 0 bridgehead atoms. The van der Waals surface area contributed by atoms with Crippen molar-refractivity contribution in [2.75, 3.05) is 0 Å². The molecule has 0 rings (SSSR count). The van der Waals surface area contributed by atoms with E-state index >= 15 is 0 Å². The van der Waals surface area contributed by atoms with E-state index in [0.29, 0.717) is 0 Å². The third-order valence-electron chi connectivity index (χ3n) is 0. The monoisotopic (exact) mass is 620 g/mol. The minimum absolute atomic E-state index is 0. The van der Waals surface area contributed by atoms with Crippen LogP contribution in [-0.2, 0) is 0 Å². The molecule has 0 saturated heterocycles. The molecule has 22 heavy (non-hydrogen) atoms. The van der Waals surface area contributed by atoms with Crippen LogP contribution >= 0.6 is 74.4 Å². The van der Waals surface area contributed by atoms with Gasteiger partial charge in [0.1, 0.15) is 0 Å². The molecule has 0 heterocycles. The van der Waals surface area contributed by atoms with Gasteiger partial charge in [-0.1, -0.05) is 0 Å². The van der Waals surface area contributed by atoms with E-state index in [9.17, 15) is 0 Å². The van der Waals surface area contributed by atoms with Gasteiger partial charge in [0.25, 0.3) is 0 Å². The smallest absolute Gasteiger partial charge is 1.00 e. The zero-order valence-corrected chi connectivity index (χ0v) is 36.7. The van der Waals surface area contributed by atoms with Crippen LogP contribution in [0, 0.1) is 0 Å². The van der Waals surface area contributed by atoms with Gasteiger partial charge in [0, 0.05) is 0 Å². The van der Waals surface area contributed by atoms with Crippen LogP contribution in [0.5, 0.6) is 0 Å². The third kappa shape index (κ3) is 243. The standard InChI is InChI=1S/2CH2O3.Ca.6ClH.4K.3Mg.12H/c2*2-1(3)4;;;;;;;;;;;;;;;;;;;;;;;;;;/h2*(H2,2,3,4);;6*1H;;;;;;;;;;;;;;;;;;;/q;;+2;;;;;;;4*+1;3*+2;12*-1. The SMILES string of the molecule is Cl.Cl.Cl.Cl.Cl.Cl.O=C(O)O.O=C(O)O.[Ca+2].[H-].[H-].[H-].[H-].[H-].[H-].[H-].[H-].[H-].[H-].[H-].[H-].[K+].[K+].[K+].[K+].[Mg+2].[Mg+2].[Mg+2]. The van der Waals surface area contributed by atoms with Crippen molar-refractivity contribution in [2.45, 2.75) is 0 Å². The summed E-state index contributed by atoms with van der Waals surface area (Å²) in [5.74, 6) is 0. The van der Waals surface area contributed by atoms with Gasteiger partial charge in [-0.2, -0.15) is 0 Å². The van der Waals surface area contributed by atoms with Crippen molar-refractivity contribution in [2.24, 2.45) is 0 Å². The minimum Gasteiger partial charge on any atom is -1.00 e. The van der Waals surface area contributed by atoms with Crippen molar-refractivity contribution in [1.29, 1.82) is 0 Å². The molecule has 0 amide bonds. The maximum Gasteiger partial charge on any atom is 2.00 e. The molecule has 0 radical (unpaired) electrons. The number of hydrogen-bond donors (Lipinski definition) is 4. The molecule has 6 nitrogen and oxygen atoms in total. The van der Waals surface area contributed by atoms with Crippen molar-refractivity contribution in [1.82, 2.24) is 0 Å². The van der Waals surface area contributed by atoms with E-state index in [1.54, 1.807) is 0 Å². The second kappa shape index (κ2) is 108. The number of carbonyl (C=O) groups is 2. The maximum absolute atomic E-state index is 8.56. The fourth-order valence-corrected chi connectivity index (χ4v) is 0. The van der Waals surface area contributed by atoms with Crippen molar-refractivity contribution >= 4 is 194 Å². The maximum atomic E-state index is 8.56. The van der Waals surface area contributed by atoms with Crippen molar-refractivity contribution in [3.63, 3.8) is 0 Å². The van der Waals surface area contributed by atoms with Crippen LogP contribution in [0.4, 0.5) is 9.59 Å². The van der Waals surface area contributed by atoms with Gasteiger partial charge in [0.05, 0.1) is 0 Å². The zero-order valence-electron chi connectivity index (χ0n) is 24.9. The Labute approximate surface area is 433 Å². The first-order valence-corrected chi connectivity index (χ1v) is 1.30. The number of halogens is 6. The summed E-state index contributed by atoms with van der Waals surface area (Å²) in [6.07, 6.45) is -3.67. The Bertz CT molecular complexity index is 142. The van der Waals surface area contributed by atoms with E-state index in [4.69, 9.17) is 30.0 Å². The van der Waals surface area contributed by atoms with Gasteiger partial charge in [0.2, 0.25) is 0 Å². The molecule has 0 aromatic rings. The minimum atomic E-state index is -1.83. The molecule has 0 unspecified atom stereocenters. The number of rotatable bonds is 0. The van der Waals surface area contributed by atoms with E-state index in [0.717, 1.165) is 0 Å². The Kier molecular flexibility index (Phi) is 583. The zero-order chi connectivity index (χ0) is 7.15. The fraction of sp³-hybridized carbons (Fsp3) is 0. The molecule has 0 spiro atoms. The summed E-state index contributed by atoms with van der Waals surface area (Å²) in [4.78, 5) is 17.1. The molecule has 0 atom stereocenters. The fourth-order valence-electron chi connectivity index (χ4n) is 0. The molecule has 0 aliphatic heterocycles. The van der Waals surface area contributed by atoms with Crippen molar-refractivity contribution in [3.05, 3.63) is 0 Å². The Morgan fingerprint density at radius 2 is 0.500 bits per heavy atom. The number of carboxylic acid groups (broad SMARTS) is 4. The van der Waals surface area contributed by atoms with Crippen LogP contribution in [0.3, 0.4) is 0 Å². The molecule has 20 heteroatoms. The van der Waals surface area contributed by atoms with Crippen molar-refractivity contribution < 1.29 is 253 Å². The van der Waals surface area contributed by atoms with Crippen LogP contribution in [0.15, 0.2) is 0 Å². The van der Waals surface area contributed by atoms with Crippen LogP contribution in [0.1, 0.15) is 17.1 Å². The third-order valence-corrected chi connectivity index (χ3v) is 0. The molecule has 0 aliphatic rings. The predicted octanol–water partition coefficient (Wildman–Crippen LogP) is -9.18. The van der Waals surface area contributed by atoms with E-state index < -0.39 is 12.3 Å². The van der Waals surface area contributed by atoms with Crippen LogP contribution in [0.25, 0.3) is 0 Å². The predicted molar refractivity (Wildman–Crippen MR) is 101 cm³/mol. The molecule has 0 aromatic carbocycles. The average molecular weight is 624 g/mol. The Balaban J connectivity index is -0.000000000462. The second-order valence-electron chi connectivity index (χ2n) is 0.565. The van der Waals surface area contributed by atoms with E-state index in [1.807, 2.05) is 0 Å². The quantitative estimate of drug-likeness (QED) is 0.199. The van der Waals surface area contributed by atoms with Gasteiger partial charge in [0.15, 0.2) is 0 Å². The van der Waals surface area contributed by atoms with E-state index in [-0.39, 0.29) is 404 Å². The summed E-state index contributed by atoms with van der Waals surface area (Å²) in [6, 6.07) is 0. The Hall–Kier alpha value is 10.4. The molecular weight excluding hydrogens is 602 g/mol. The number of hydrogen-bond acceptors (Lipinski definition) is 2. The molecule has 0 aliphatic carbocycles. The molecule has 0 saturated carbocycles. The summed E-state index contributed by atoms with van der Waals surface area (Å²) in [5.41, 5.74) is 0. The summed E-state index contributed by atoms with van der Waals surface area (Å²) in [6.45, 7) is 0. The van der Waals surface area contributed by atoms with Gasteiger partial charge in [-0.3, -0.25) is 0 Å². The molecule has 120 valence electrons. The summed E-state index contributed by atoms with van der Waals surface area (Å²) >= 11 is 0. The first kappa shape index (κ1) is 119. The summed E-state index contributed by atoms with van der Waals surface area (Å²) in [7, 11) is 0. The largest absolute Gasteiger partial charge is 2.00 e.